The molecule has 3 N–H and O–H groups in total. The van der Waals surface area contributed by atoms with Crippen molar-refractivity contribution in [1.29, 1.82) is 0 Å². The van der Waals surface area contributed by atoms with Gasteiger partial charge in [0.15, 0.2) is 0 Å². The molecule has 1 heterocycles. The van der Waals surface area contributed by atoms with Gasteiger partial charge in [-0.25, -0.2) is 9.97 Å². The fraction of sp³-hybridized carbons (Fsp3) is 0. The van der Waals surface area contributed by atoms with Gasteiger partial charge in [0.2, 0.25) is 5.28 Å². The third-order valence-corrected chi connectivity index (χ3v) is 2.03. The molecule has 0 radical (unpaired) electrons. The van der Waals surface area contributed by atoms with E-state index in [0.717, 1.165) is 5.69 Å². The number of aromatic nitrogens is 2. The van der Waals surface area contributed by atoms with E-state index in [0.29, 0.717) is 11.5 Å². The molecule has 0 spiro atoms. The maximum atomic E-state index is 5.77. The first-order valence-corrected chi connectivity index (χ1v) is 4.73. The summed E-state index contributed by atoms with van der Waals surface area (Å²) in [5.41, 5.74) is 7.23. The van der Waals surface area contributed by atoms with Crippen molar-refractivity contribution < 1.29 is 0 Å². The largest absolute Gasteiger partial charge is 0.397 e. The van der Waals surface area contributed by atoms with Gasteiger partial charge in [-0.1, -0.05) is 12.1 Å². The second-order valence-corrected chi connectivity index (χ2v) is 3.26. The molecule has 0 fully saturated rings. The summed E-state index contributed by atoms with van der Waals surface area (Å²) in [5, 5.41) is 3.26. The number of hydrogen-bond donors (Lipinski definition) is 2. The summed E-state index contributed by atoms with van der Waals surface area (Å²) in [4.78, 5) is 7.78. The summed E-state index contributed by atoms with van der Waals surface area (Å²) in [6.07, 6.45) is 1.58. The van der Waals surface area contributed by atoms with Crippen LogP contribution in [0.1, 0.15) is 0 Å². The highest BCUT2D eigenvalue weighted by molar-refractivity contribution is 6.28. The first-order chi connectivity index (χ1) is 7.25. The molecule has 4 nitrogen and oxygen atoms in total. The average molecular weight is 221 g/mol. The van der Waals surface area contributed by atoms with Crippen LogP contribution in [0.2, 0.25) is 5.28 Å². The van der Waals surface area contributed by atoms with E-state index in [9.17, 15) is 0 Å². The molecule has 0 aliphatic rings. The molecule has 0 aliphatic heterocycles. The van der Waals surface area contributed by atoms with E-state index in [4.69, 9.17) is 17.3 Å². The van der Waals surface area contributed by atoms with Gasteiger partial charge in [0.25, 0.3) is 0 Å². The molecule has 1 aromatic heterocycles. The molecule has 0 aliphatic carbocycles. The second kappa shape index (κ2) is 4.14. The normalized spacial score (nSPS) is 9.93. The number of nitrogen functional groups attached to an aromatic ring is 1. The van der Waals surface area contributed by atoms with Crippen molar-refractivity contribution in [2.45, 2.75) is 0 Å². The van der Waals surface area contributed by atoms with E-state index < -0.39 is 0 Å². The second-order valence-electron chi connectivity index (χ2n) is 2.92. The summed E-state index contributed by atoms with van der Waals surface area (Å²) in [6, 6.07) is 9.16. The van der Waals surface area contributed by atoms with E-state index >= 15 is 0 Å². The van der Waals surface area contributed by atoms with Gasteiger partial charge in [-0.2, -0.15) is 0 Å². The fourth-order valence-corrected chi connectivity index (χ4v) is 1.30. The first kappa shape index (κ1) is 9.73. The minimum atomic E-state index is 0.203. The minimum absolute atomic E-state index is 0.203. The summed E-state index contributed by atoms with van der Waals surface area (Å²) >= 11 is 5.66. The molecule has 0 saturated heterocycles. The summed E-state index contributed by atoms with van der Waals surface area (Å²) < 4.78 is 0. The van der Waals surface area contributed by atoms with Crippen LogP contribution in [0.3, 0.4) is 0 Å². The summed E-state index contributed by atoms with van der Waals surface area (Å²) in [6.45, 7) is 0. The molecule has 76 valence electrons. The van der Waals surface area contributed by atoms with Gasteiger partial charge in [0.05, 0.1) is 11.4 Å². The van der Waals surface area contributed by atoms with Crippen LogP contribution in [0.5, 0.6) is 0 Å². The first-order valence-electron chi connectivity index (χ1n) is 4.36. The van der Waals surface area contributed by atoms with Crippen LogP contribution >= 0.6 is 11.6 Å². The summed E-state index contributed by atoms with van der Waals surface area (Å²) in [5.74, 6) is 0.618. The Balaban J connectivity index is 2.26. The number of nitrogens with one attached hydrogen (secondary N) is 1. The lowest BCUT2D eigenvalue weighted by atomic mass is 10.3. The number of rotatable bonds is 2. The van der Waals surface area contributed by atoms with Crippen molar-refractivity contribution in [1.82, 2.24) is 9.97 Å². The van der Waals surface area contributed by atoms with Crippen LogP contribution < -0.4 is 11.1 Å². The van der Waals surface area contributed by atoms with Crippen molar-refractivity contribution in [3.63, 3.8) is 0 Å². The Morgan fingerprint density at radius 2 is 2.00 bits per heavy atom. The number of hydrogen-bond acceptors (Lipinski definition) is 4. The molecule has 1 aromatic carbocycles. The van der Waals surface area contributed by atoms with Crippen LogP contribution in [0.4, 0.5) is 17.2 Å². The van der Waals surface area contributed by atoms with E-state index in [-0.39, 0.29) is 5.28 Å². The van der Waals surface area contributed by atoms with Crippen LogP contribution in [-0.4, -0.2) is 9.97 Å². The van der Waals surface area contributed by atoms with Crippen molar-refractivity contribution in [3.8, 4) is 0 Å². The predicted molar refractivity (Wildman–Crippen MR) is 61.2 cm³/mol. The minimum Gasteiger partial charge on any atom is -0.397 e. The molecule has 0 atom stereocenters. The molecule has 15 heavy (non-hydrogen) atoms. The van der Waals surface area contributed by atoms with Gasteiger partial charge in [-0.3, -0.25) is 0 Å². The van der Waals surface area contributed by atoms with Gasteiger partial charge >= 0.3 is 0 Å². The Bertz CT molecular complexity index is 472. The van der Waals surface area contributed by atoms with E-state index in [2.05, 4.69) is 15.3 Å². The topological polar surface area (TPSA) is 63.8 Å². The molecular weight excluding hydrogens is 212 g/mol. The van der Waals surface area contributed by atoms with Crippen molar-refractivity contribution >= 4 is 28.8 Å². The summed E-state index contributed by atoms with van der Waals surface area (Å²) in [7, 11) is 0. The third kappa shape index (κ3) is 2.35. The maximum absolute atomic E-state index is 5.77. The molecule has 2 rings (SSSR count). The Hall–Kier alpha value is -1.81. The van der Waals surface area contributed by atoms with E-state index in [1.807, 2.05) is 24.3 Å². The van der Waals surface area contributed by atoms with Gasteiger partial charge in [0, 0.05) is 6.20 Å². The molecule has 0 bridgehead atoms. The molecule has 0 unspecified atom stereocenters. The number of nitrogens with zero attached hydrogens (tertiary/aromatic N) is 2. The number of para-hydroxylation sites is 2. The van der Waals surface area contributed by atoms with E-state index in [1.165, 1.54) is 0 Å². The molecule has 5 heteroatoms. The van der Waals surface area contributed by atoms with Gasteiger partial charge in [-0.05, 0) is 29.8 Å². The Kier molecular flexibility index (Phi) is 2.69. The number of anilines is 3. The van der Waals surface area contributed by atoms with Crippen LogP contribution in [0.25, 0.3) is 0 Å². The number of nitrogens with two attached hydrogens (primary N) is 1. The lowest BCUT2D eigenvalue weighted by Crippen LogP contribution is -1.98. The molecule has 2 aromatic rings. The van der Waals surface area contributed by atoms with Gasteiger partial charge < -0.3 is 11.1 Å². The number of benzene rings is 1. The monoisotopic (exact) mass is 220 g/mol. The average Bonchev–Trinajstić information content (AvgIpc) is 2.22. The lowest BCUT2D eigenvalue weighted by molar-refractivity contribution is 1.17. The fourth-order valence-electron chi connectivity index (χ4n) is 1.15. The predicted octanol–water partition coefficient (Wildman–Crippen LogP) is 2.46. The zero-order valence-corrected chi connectivity index (χ0v) is 8.57. The zero-order valence-electron chi connectivity index (χ0n) is 7.81. The highest BCUT2D eigenvalue weighted by Crippen LogP contribution is 2.21. The van der Waals surface area contributed by atoms with E-state index in [1.54, 1.807) is 12.3 Å². The Morgan fingerprint density at radius 3 is 2.73 bits per heavy atom. The van der Waals surface area contributed by atoms with Gasteiger partial charge in [-0.15, -0.1) is 0 Å². The molecular formula is C10H9ClN4. The quantitative estimate of drug-likeness (QED) is 0.603. The van der Waals surface area contributed by atoms with Crippen molar-refractivity contribution in [2.24, 2.45) is 0 Å². The molecule has 0 amide bonds. The Labute approximate surface area is 92.1 Å². The highest BCUT2D eigenvalue weighted by Gasteiger charge is 1.99. The van der Waals surface area contributed by atoms with Crippen LogP contribution in [-0.2, 0) is 0 Å². The Morgan fingerprint density at radius 1 is 1.20 bits per heavy atom. The highest BCUT2D eigenvalue weighted by atomic mass is 35.5. The van der Waals surface area contributed by atoms with Gasteiger partial charge in [0.1, 0.15) is 5.82 Å². The standard InChI is InChI=1S/C10H9ClN4/c11-10-13-6-5-9(15-10)14-8-4-2-1-3-7(8)12/h1-6H,12H2,(H,13,14,15). The maximum Gasteiger partial charge on any atom is 0.224 e. The zero-order chi connectivity index (χ0) is 10.7. The SMILES string of the molecule is Nc1ccccc1Nc1ccnc(Cl)n1. The smallest absolute Gasteiger partial charge is 0.224 e. The van der Waals surface area contributed by atoms with Crippen molar-refractivity contribution in [3.05, 3.63) is 41.8 Å². The lowest BCUT2D eigenvalue weighted by Gasteiger charge is -2.07. The van der Waals surface area contributed by atoms with Crippen LogP contribution in [0, 0.1) is 0 Å². The number of halogens is 1. The third-order valence-electron chi connectivity index (χ3n) is 1.85. The van der Waals surface area contributed by atoms with Crippen LogP contribution in [0.15, 0.2) is 36.5 Å². The molecule has 0 saturated carbocycles. The van der Waals surface area contributed by atoms with Crippen molar-refractivity contribution in [2.75, 3.05) is 11.1 Å².